The van der Waals surface area contributed by atoms with Crippen molar-refractivity contribution < 1.29 is 19.5 Å². The molecule has 0 bridgehead atoms. The molecule has 1 atom stereocenters. The first-order valence-electron chi connectivity index (χ1n) is 5.41. The van der Waals surface area contributed by atoms with Crippen LogP contribution < -0.4 is 11.3 Å². The van der Waals surface area contributed by atoms with Gasteiger partial charge in [-0.2, -0.15) is 0 Å². The molecule has 0 fully saturated rings. The van der Waals surface area contributed by atoms with Gasteiger partial charge in [0.1, 0.15) is 0 Å². The first-order valence-corrected chi connectivity index (χ1v) is 5.41. The third-order valence-electron chi connectivity index (χ3n) is 3.30. The lowest BCUT2D eigenvalue weighted by molar-refractivity contribution is -0.152. The fraction of sp³-hybridized carbons (Fsp3) is 0.250. The highest BCUT2D eigenvalue weighted by Crippen LogP contribution is 2.36. The third-order valence-corrected chi connectivity index (χ3v) is 3.30. The van der Waals surface area contributed by atoms with Crippen molar-refractivity contribution >= 4 is 17.7 Å². The van der Waals surface area contributed by atoms with Crippen molar-refractivity contribution in [3.05, 3.63) is 35.4 Å². The summed E-state index contributed by atoms with van der Waals surface area (Å²) < 4.78 is 0. The number of hydrogen-bond acceptors (Lipinski definition) is 4. The van der Waals surface area contributed by atoms with E-state index in [-0.39, 0.29) is 12.0 Å². The molecule has 0 saturated heterocycles. The van der Waals surface area contributed by atoms with Gasteiger partial charge in [-0.25, -0.2) is 5.84 Å². The van der Waals surface area contributed by atoms with Gasteiger partial charge in [0.15, 0.2) is 5.78 Å². The number of carbonyl (C=O) groups excluding carboxylic acids is 2. The fourth-order valence-corrected chi connectivity index (χ4v) is 2.27. The number of nitrogens with one attached hydrogen (secondary N) is 1. The molecule has 0 spiro atoms. The smallest absolute Gasteiger partial charge is 0.327 e. The highest BCUT2D eigenvalue weighted by atomic mass is 16.4. The van der Waals surface area contributed by atoms with E-state index >= 15 is 0 Å². The zero-order valence-electron chi connectivity index (χ0n) is 9.47. The van der Waals surface area contributed by atoms with Gasteiger partial charge in [0.2, 0.25) is 5.41 Å². The van der Waals surface area contributed by atoms with E-state index < -0.39 is 23.1 Å². The number of amides is 1. The number of carboxylic acids is 1. The molecule has 1 unspecified atom stereocenters. The predicted molar refractivity (Wildman–Crippen MR) is 61.5 cm³/mol. The van der Waals surface area contributed by atoms with E-state index in [0.717, 1.165) is 5.56 Å². The second-order valence-corrected chi connectivity index (χ2v) is 4.17. The van der Waals surface area contributed by atoms with Crippen molar-refractivity contribution in [1.82, 2.24) is 5.43 Å². The summed E-state index contributed by atoms with van der Waals surface area (Å²) in [7, 11) is 0. The molecule has 1 amide bonds. The quantitative estimate of drug-likeness (QED) is 0.292. The second-order valence-electron chi connectivity index (χ2n) is 4.17. The highest BCUT2D eigenvalue weighted by Gasteiger charge is 2.55. The van der Waals surface area contributed by atoms with Crippen molar-refractivity contribution in [2.45, 2.75) is 12.8 Å². The molecule has 0 aliphatic heterocycles. The summed E-state index contributed by atoms with van der Waals surface area (Å²) >= 11 is 0. The van der Waals surface area contributed by atoms with E-state index in [4.69, 9.17) is 5.84 Å². The number of carboxylic acid groups (broad SMARTS) is 1. The number of nitrogens with two attached hydrogens (primary N) is 1. The largest absolute Gasteiger partial charge is 0.480 e. The van der Waals surface area contributed by atoms with Crippen LogP contribution in [0.5, 0.6) is 0 Å². The van der Waals surface area contributed by atoms with Gasteiger partial charge in [-0.3, -0.25) is 19.8 Å². The van der Waals surface area contributed by atoms with E-state index in [1.165, 1.54) is 6.07 Å². The molecule has 0 saturated carbocycles. The van der Waals surface area contributed by atoms with Gasteiger partial charge in [-0.15, -0.1) is 0 Å². The molecule has 4 N–H and O–H groups in total. The van der Waals surface area contributed by atoms with Crippen molar-refractivity contribution in [3.8, 4) is 0 Å². The maximum atomic E-state index is 12.3. The number of aliphatic carboxylic acids is 1. The molecular formula is C12H12N2O4. The molecule has 6 heteroatoms. The molecule has 1 aromatic carbocycles. The molecular weight excluding hydrogens is 236 g/mol. The Kier molecular flexibility index (Phi) is 2.88. The summed E-state index contributed by atoms with van der Waals surface area (Å²) in [6.45, 7) is 0. The lowest BCUT2D eigenvalue weighted by Gasteiger charge is -2.30. The molecule has 94 valence electrons. The SMILES string of the molecule is NNC(=O)C1(C(=O)O)CCc2ccccc2C1=O. The number of benzene rings is 1. The Bertz CT molecular complexity index is 541. The maximum Gasteiger partial charge on any atom is 0.327 e. The van der Waals surface area contributed by atoms with Gasteiger partial charge in [0.05, 0.1) is 0 Å². The molecule has 0 heterocycles. The van der Waals surface area contributed by atoms with E-state index in [2.05, 4.69) is 0 Å². The summed E-state index contributed by atoms with van der Waals surface area (Å²) in [5.74, 6) is 1.84. The summed E-state index contributed by atoms with van der Waals surface area (Å²) in [5, 5.41) is 9.25. The van der Waals surface area contributed by atoms with Crippen LogP contribution in [-0.2, 0) is 16.0 Å². The minimum absolute atomic E-state index is 0.0821. The molecule has 6 nitrogen and oxygen atoms in total. The third kappa shape index (κ3) is 1.50. The Labute approximate surface area is 103 Å². The van der Waals surface area contributed by atoms with Crippen LogP contribution in [0.3, 0.4) is 0 Å². The average molecular weight is 248 g/mol. The Morgan fingerprint density at radius 2 is 2.00 bits per heavy atom. The zero-order valence-corrected chi connectivity index (χ0v) is 9.47. The predicted octanol–water partition coefficient (Wildman–Crippen LogP) is -0.124. The number of carbonyl (C=O) groups is 3. The number of Topliss-reactive ketones (excluding diaryl/α,β-unsaturated/α-hetero) is 1. The van der Waals surface area contributed by atoms with Crippen LogP contribution in [0.2, 0.25) is 0 Å². The number of hydrogen-bond donors (Lipinski definition) is 3. The Balaban J connectivity index is 2.57. The topological polar surface area (TPSA) is 109 Å². The molecule has 1 aliphatic rings. The minimum atomic E-state index is -2.11. The van der Waals surface area contributed by atoms with E-state index in [1.54, 1.807) is 23.6 Å². The zero-order chi connectivity index (χ0) is 13.3. The highest BCUT2D eigenvalue weighted by molar-refractivity contribution is 6.27. The summed E-state index contributed by atoms with van der Waals surface area (Å²) in [6.07, 6.45) is 0.267. The fourth-order valence-electron chi connectivity index (χ4n) is 2.27. The van der Waals surface area contributed by atoms with Gasteiger partial charge >= 0.3 is 5.97 Å². The van der Waals surface area contributed by atoms with Crippen LogP contribution in [-0.4, -0.2) is 22.8 Å². The van der Waals surface area contributed by atoms with Gasteiger partial charge in [0.25, 0.3) is 5.91 Å². The van der Waals surface area contributed by atoms with E-state index in [0.29, 0.717) is 6.42 Å². The van der Waals surface area contributed by atoms with Gasteiger partial charge in [-0.1, -0.05) is 24.3 Å². The van der Waals surface area contributed by atoms with Crippen LogP contribution in [0.15, 0.2) is 24.3 Å². The number of hydrazine groups is 1. The molecule has 18 heavy (non-hydrogen) atoms. The van der Waals surface area contributed by atoms with E-state index in [1.807, 2.05) is 0 Å². The van der Waals surface area contributed by atoms with Gasteiger partial charge in [0, 0.05) is 5.56 Å². The van der Waals surface area contributed by atoms with Crippen LogP contribution in [0.25, 0.3) is 0 Å². The Morgan fingerprint density at radius 3 is 2.61 bits per heavy atom. The van der Waals surface area contributed by atoms with Crippen LogP contribution in [0, 0.1) is 5.41 Å². The first kappa shape index (κ1) is 12.3. The summed E-state index contributed by atoms with van der Waals surface area (Å²) in [4.78, 5) is 35.4. The van der Waals surface area contributed by atoms with Gasteiger partial charge < -0.3 is 5.11 Å². The lowest BCUT2D eigenvalue weighted by atomic mass is 9.70. The van der Waals surface area contributed by atoms with Crippen molar-refractivity contribution in [2.75, 3.05) is 0 Å². The standard InChI is InChI=1S/C12H12N2O4/c13-14-10(16)12(11(17)18)6-5-7-3-1-2-4-8(7)9(12)15/h1-4H,5-6,13H2,(H,14,16)(H,17,18). The van der Waals surface area contributed by atoms with Crippen molar-refractivity contribution in [1.29, 1.82) is 0 Å². The second kappa shape index (κ2) is 4.23. The minimum Gasteiger partial charge on any atom is -0.480 e. The average Bonchev–Trinajstić information content (AvgIpc) is 2.38. The molecule has 0 aromatic heterocycles. The van der Waals surface area contributed by atoms with Crippen LogP contribution >= 0.6 is 0 Å². The Morgan fingerprint density at radius 1 is 1.33 bits per heavy atom. The van der Waals surface area contributed by atoms with Crippen LogP contribution in [0.1, 0.15) is 22.3 Å². The molecule has 2 rings (SSSR count). The normalized spacial score (nSPS) is 22.2. The Hall–Kier alpha value is -2.21. The summed E-state index contributed by atoms with van der Waals surface area (Å²) in [5.41, 5.74) is 0.696. The summed E-state index contributed by atoms with van der Waals surface area (Å²) in [6, 6.07) is 6.68. The number of rotatable bonds is 2. The maximum absolute atomic E-state index is 12.3. The van der Waals surface area contributed by atoms with E-state index in [9.17, 15) is 19.5 Å². The number of aryl methyl sites for hydroxylation is 1. The van der Waals surface area contributed by atoms with Crippen LogP contribution in [0.4, 0.5) is 0 Å². The number of fused-ring (bicyclic) bond motifs is 1. The monoisotopic (exact) mass is 248 g/mol. The lowest BCUT2D eigenvalue weighted by Crippen LogP contribution is -2.55. The van der Waals surface area contributed by atoms with Gasteiger partial charge in [-0.05, 0) is 18.4 Å². The first-order chi connectivity index (χ1) is 8.54. The molecule has 0 radical (unpaired) electrons. The molecule has 1 aliphatic carbocycles. The van der Waals surface area contributed by atoms with Crippen molar-refractivity contribution in [3.63, 3.8) is 0 Å². The molecule has 1 aromatic rings. The van der Waals surface area contributed by atoms with Crippen molar-refractivity contribution in [2.24, 2.45) is 11.3 Å². The number of ketones is 1.